The van der Waals surface area contributed by atoms with Crippen LogP contribution in [0.1, 0.15) is 51.0 Å². The fourth-order valence-electron chi connectivity index (χ4n) is 4.78. The fraction of sp³-hybridized carbons (Fsp3) is 0.214. The molecule has 1 N–H and O–H groups in total. The van der Waals surface area contributed by atoms with Gasteiger partial charge in [-0.3, -0.25) is 4.99 Å². The molecule has 1 heterocycles. The molecule has 0 saturated carbocycles. The second-order valence-electron chi connectivity index (χ2n) is 8.53. The number of carbonyl (C=O) groups is 1. The highest BCUT2D eigenvalue weighted by Gasteiger charge is 2.37. The van der Waals surface area contributed by atoms with Crippen LogP contribution in [0.3, 0.4) is 0 Å². The minimum atomic E-state index is -0.335. The van der Waals surface area contributed by atoms with Gasteiger partial charge in [0.25, 0.3) is 0 Å². The fourth-order valence-corrected chi connectivity index (χ4v) is 4.78. The van der Waals surface area contributed by atoms with Gasteiger partial charge in [0.1, 0.15) is 0 Å². The standard InChI is InChI=1S/C28H26N2O2/c1-18-6-15-26-25(16-18)23-4-3-5-24(23)27(30-26)20-11-13-22(14-12-20)29-17-19-7-9-21(10-8-19)28(31)32-2/h3-4,6-17,23-24,27,30H,5H2,1-2H3/t23-,24+,27+/m1/s1. The van der Waals surface area contributed by atoms with Crippen LogP contribution in [0.25, 0.3) is 0 Å². The Morgan fingerprint density at radius 3 is 2.59 bits per heavy atom. The summed E-state index contributed by atoms with van der Waals surface area (Å²) in [6.45, 7) is 2.16. The van der Waals surface area contributed by atoms with Gasteiger partial charge in [-0.15, -0.1) is 0 Å². The number of hydrogen-bond acceptors (Lipinski definition) is 4. The Balaban J connectivity index is 1.33. The average Bonchev–Trinajstić information content (AvgIpc) is 3.33. The Kier molecular flexibility index (Phi) is 5.36. The quantitative estimate of drug-likeness (QED) is 0.302. The molecule has 0 fully saturated rings. The molecule has 32 heavy (non-hydrogen) atoms. The van der Waals surface area contributed by atoms with E-state index in [9.17, 15) is 4.79 Å². The van der Waals surface area contributed by atoms with Crippen molar-refractivity contribution in [3.8, 4) is 0 Å². The first-order chi connectivity index (χ1) is 15.6. The maximum absolute atomic E-state index is 11.6. The summed E-state index contributed by atoms with van der Waals surface area (Å²) in [6, 6.07) is 22.7. The summed E-state index contributed by atoms with van der Waals surface area (Å²) in [5.41, 5.74) is 7.62. The van der Waals surface area contributed by atoms with E-state index in [2.05, 4.69) is 71.8 Å². The number of methoxy groups -OCH3 is 1. The molecule has 3 atom stereocenters. The van der Waals surface area contributed by atoms with Crippen molar-refractivity contribution >= 4 is 23.6 Å². The van der Waals surface area contributed by atoms with E-state index in [1.807, 2.05) is 18.3 Å². The number of benzene rings is 3. The first-order valence-electron chi connectivity index (χ1n) is 11.0. The molecule has 0 amide bonds. The number of hydrogen-bond donors (Lipinski definition) is 1. The number of fused-ring (bicyclic) bond motifs is 3. The third-order valence-electron chi connectivity index (χ3n) is 6.46. The lowest BCUT2D eigenvalue weighted by Gasteiger charge is -2.37. The van der Waals surface area contributed by atoms with Crippen molar-refractivity contribution in [3.05, 3.63) is 107 Å². The molecule has 0 spiro atoms. The molecule has 0 unspecified atom stereocenters. The number of nitrogens with zero attached hydrogens (tertiary/aromatic N) is 1. The Morgan fingerprint density at radius 1 is 1.06 bits per heavy atom. The van der Waals surface area contributed by atoms with Gasteiger partial charge in [0.05, 0.1) is 24.4 Å². The number of nitrogens with one attached hydrogen (secondary N) is 1. The summed E-state index contributed by atoms with van der Waals surface area (Å²) in [5, 5.41) is 3.79. The predicted molar refractivity (Wildman–Crippen MR) is 129 cm³/mol. The van der Waals surface area contributed by atoms with Crippen molar-refractivity contribution in [2.24, 2.45) is 10.9 Å². The molecule has 3 aromatic carbocycles. The van der Waals surface area contributed by atoms with Crippen LogP contribution < -0.4 is 5.32 Å². The first kappa shape index (κ1) is 20.3. The summed E-state index contributed by atoms with van der Waals surface area (Å²) in [7, 11) is 1.38. The van der Waals surface area contributed by atoms with E-state index in [4.69, 9.17) is 4.74 Å². The molecule has 4 nitrogen and oxygen atoms in total. The van der Waals surface area contributed by atoms with E-state index in [1.165, 1.54) is 29.5 Å². The van der Waals surface area contributed by atoms with Crippen molar-refractivity contribution in [2.45, 2.75) is 25.3 Å². The Bertz CT molecular complexity index is 1190. The average molecular weight is 423 g/mol. The van der Waals surface area contributed by atoms with Crippen molar-refractivity contribution in [2.75, 3.05) is 12.4 Å². The van der Waals surface area contributed by atoms with Crippen LogP contribution in [-0.2, 0) is 4.74 Å². The molecule has 3 aromatic rings. The minimum absolute atomic E-state index is 0.286. The van der Waals surface area contributed by atoms with Crippen LogP contribution in [0.2, 0.25) is 0 Å². The number of aryl methyl sites for hydroxylation is 1. The van der Waals surface area contributed by atoms with Crippen molar-refractivity contribution < 1.29 is 9.53 Å². The highest BCUT2D eigenvalue weighted by Crippen LogP contribution is 2.50. The summed E-state index contributed by atoms with van der Waals surface area (Å²) in [6.07, 6.45) is 7.61. The molecule has 1 aliphatic carbocycles. The number of aliphatic imine (C=N–C) groups is 1. The molecule has 0 radical (unpaired) electrons. The van der Waals surface area contributed by atoms with Gasteiger partial charge in [0, 0.05) is 17.8 Å². The van der Waals surface area contributed by atoms with Gasteiger partial charge in [0.2, 0.25) is 0 Å². The zero-order valence-corrected chi connectivity index (χ0v) is 18.3. The zero-order chi connectivity index (χ0) is 22.1. The molecular formula is C28H26N2O2. The van der Waals surface area contributed by atoms with Crippen molar-refractivity contribution in [1.29, 1.82) is 0 Å². The zero-order valence-electron chi connectivity index (χ0n) is 18.3. The lowest BCUT2D eigenvalue weighted by Crippen LogP contribution is -2.29. The molecule has 2 aliphatic rings. The number of carbonyl (C=O) groups excluding carboxylic acids is 1. The monoisotopic (exact) mass is 422 g/mol. The third-order valence-corrected chi connectivity index (χ3v) is 6.46. The number of esters is 1. The van der Waals surface area contributed by atoms with E-state index in [0.29, 0.717) is 17.4 Å². The molecule has 0 bridgehead atoms. The van der Waals surface area contributed by atoms with Crippen LogP contribution in [0, 0.1) is 12.8 Å². The maximum Gasteiger partial charge on any atom is 0.337 e. The number of ether oxygens (including phenoxy) is 1. The van der Waals surface area contributed by atoms with Crippen molar-refractivity contribution in [3.63, 3.8) is 0 Å². The number of rotatable bonds is 4. The molecule has 4 heteroatoms. The second-order valence-corrected chi connectivity index (χ2v) is 8.53. The van der Waals surface area contributed by atoms with Crippen LogP contribution >= 0.6 is 0 Å². The lowest BCUT2D eigenvalue weighted by atomic mass is 9.76. The summed E-state index contributed by atoms with van der Waals surface area (Å²) < 4.78 is 4.74. The van der Waals surface area contributed by atoms with E-state index in [-0.39, 0.29) is 12.0 Å². The Morgan fingerprint density at radius 2 is 1.84 bits per heavy atom. The number of allylic oxidation sites excluding steroid dienone is 2. The van der Waals surface area contributed by atoms with E-state index in [1.54, 1.807) is 12.1 Å². The SMILES string of the molecule is COC(=O)c1ccc(C=Nc2ccc([C@@H]3Nc4ccc(C)cc4[C@@H]4C=CC[C@@H]43)cc2)cc1. The Hall–Kier alpha value is -3.66. The van der Waals surface area contributed by atoms with Gasteiger partial charge in [-0.05, 0) is 66.3 Å². The largest absolute Gasteiger partial charge is 0.465 e. The molecule has 0 aromatic heterocycles. The summed E-state index contributed by atoms with van der Waals surface area (Å²) in [5.74, 6) is 0.673. The first-order valence-corrected chi connectivity index (χ1v) is 11.0. The van der Waals surface area contributed by atoms with Gasteiger partial charge in [-0.25, -0.2) is 4.79 Å². The smallest absolute Gasteiger partial charge is 0.337 e. The van der Waals surface area contributed by atoms with Gasteiger partial charge in [0.15, 0.2) is 0 Å². The van der Waals surface area contributed by atoms with Crippen LogP contribution in [0.5, 0.6) is 0 Å². The Labute approximate surface area is 188 Å². The van der Waals surface area contributed by atoms with Gasteiger partial charge in [-0.1, -0.05) is 54.1 Å². The third kappa shape index (κ3) is 3.84. The maximum atomic E-state index is 11.6. The molecule has 0 saturated heterocycles. The minimum Gasteiger partial charge on any atom is -0.465 e. The van der Waals surface area contributed by atoms with E-state index < -0.39 is 0 Å². The highest BCUT2D eigenvalue weighted by atomic mass is 16.5. The van der Waals surface area contributed by atoms with E-state index in [0.717, 1.165) is 17.7 Å². The van der Waals surface area contributed by atoms with Gasteiger partial charge in [-0.2, -0.15) is 0 Å². The topological polar surface area (TPSA) is 50.7 Å². The van der Waals surface area contributed by atoms with E-state index >= 15 is 0 Å². The lowest BCUT2D eigenvalue weighted by molar-refractivity contribution is 0.0600. The van der Waals surface area contributed by atoms with Gasteiger partial charge < -0.3 is 10.1 Å². The summed E-state index contributed by atoms with van der Waals surface area (Å²) in [4.78, 5) is 16.1. The summed E-state index contributed by atoms with van der Waals surface area (Å²) >= 11 is 0. The predicted octanol–water partition coefficient (Wildman–Crippen LogP) is 6.36. The molecule has 1 aliphatic heterocycles. The van der Waals surface area contributed by atoms with Crippen LogP contribution in [0.4, 0.5) is 11.4 Å². The molecular weight excluding hydrogens is 396 g/mol. The normalized spacial score (nSPS) is 21.1. The highest BCUT2D eigenvalue weighted by molar-refractivity contribution is 5.91. The van der Waals surface area contributed by atoms with Crippen LogP contribution in [-0.4, -0.2) is 19.3 Å². The number of anilines is 1. The second kappa shape index (κ2) is 8.46. The van der Waals surface area contributed by atoms with Crippen LogP contribution in [0.15, 0.2) is 83.9 Å². The molecule has 160 valence electrons. The van der Waals surface area contributed by atoms with Crippen molar-refractivity contribution in [1.82, 2.24) is 0 Å². The van der Waals surface area contributed by atoms with Gasteiger partial charge >= 0.3 is 5.97 Å². The molecule has 5 rings (SSSR count).